The lowest BCUT2D eigenvalue weighted by Gasteiger charge is -2.12. The molecule has 2 aromatic carbocycles. The third-order valence-electron chi connectivity index (χ3n) is 3.83. The second-order valence-corrected chi connectivity index (χ2v) is 6.50. The van der Waals surface area contributed by atoms with Gasteiger partial charge in [0.1, 0.15) is 18.1 Å². The maximum absolute atomic E-state index is 12.8. The topological polar surface area (TPSA) is 113 Å². The Labute approximate surface area is 183 Å². The number of nitro benzene ring substituents is 1. The van der Waals surface area contributed by atoms with Crippen molar-refractivity contribution in [1.29, 1.82) is 0 Å². The number of benzene rings is 2. The number of ether oxygens (including phenoxy) is 2. The van der Waals surface area contributed by atoms with E-state index in [0.29, 0.717) is 12.1 Å². The summed E-state index contributed by atoms with van der Waals surface area (Å²) in [6.45, 7) is 3.02. The first kappa shape index (κ1) is 24.5. The second-order valence-electron chi connectivity index (χ2n) is 6.09. The normalized spacial score (nSPS) is 10.9. The summed E-state index contributed by atoms with van der Waals surface area (Å²) in [7, 11) is 0. The number of Topliss-reactive ketones (excluding diaryl/α,β-unsaturated/α-hetero) is 2. The smallest absolute Gasteiger partial charge is 0.416 e. The van der Waals surface area contributed by atoms with E-state index in [1.54, 1.807) is 0 Å². The van der Waals surface area contributed by atoms with Crippen molar-refractivity contribution in [2.45, 2.75) is 12.6 Å². The lowest BCUT2D eigenvalue weighted by molar-refractivity contribution is -0.385. The van der Waals surface area contributed by atoms with Gasteiger partial charge in [0.05, 0.1) is 27.5 Å². The van der Waals surface area contributed by atoms with Gasteiger partial charge in [-0.15, -0.1) is 0 Å². The van der Waals surface area contributed by atoms with Gasteiger partial charge in [0.25, 0.3) is 5.69 Å². The van der Waals surface area contributed by atoms with Crippen LogP contribution in [0.2, 0.25) is 5.02 Å². The molecule has 0 heterocycles. The fourth-order valence-electron chi connectivity index (χ4n) is 2.38. The van der Waals surface area contributed by atoms with E-state index in [4.69, 9.17) is 16.3 Å². The number of nitrogens with zero attached hydrogens (tertiary/aromatic N) is 1. The predicted molar refractivity (Wildman–Crippen MR) is 105 cm³/mol. The molecule has 0 saturated carbocycles. The highest BCUT2D eigenvalue weighted by atomic mass is 35.5. The molecule has 12 heteroatoms. The molecule has 0 atom stereocenters. The van der Waals surface area contributed by atoms with Crippen molar-refractivity contribution in [2.24, 2.45) is 0 Å². The Morgan fingerprint density at radius 3 is 2.41 bits per heavy atom. The van der Waals surface area contributed by atoms with Crippen LogP contribution in [0.4, 0.5) is 18.9 Å². The van der Waals surface area contributed by atoms with E-state index in [1.807, 2.05) is 0 Å². The quantitative estimate of drug-likeness (QED) is 0.0968. The Kier molecular flexibility index (Phi) is 7.71. The molecule has 0 aliphatic carbocycles. The molecule has 32 heavy (non-hydrogen) atoms. The van der Waals surface area contributed by atoms with Crippen molar-refractivity contribution in [3.63, 3.8) is 0 Å². The number of hydrogen-bond donors (Lipinski definition) is 0. The lowest BCUT2D eigenvalue weighted by atomic mass is 10.0. The highest BCUT2D eigenvalue weighted by Gasteiger charge is 2.31. The Balaban J connectivity index is 2.31. The van der Waals surface area contributed by atoms with Crippen LogP contribution in [0, 0.1) is 10.1 Å². The zero-order chi connectivity index (χ0) is 24.1. The summed E-state index contributed by atoms with van der Waals surface area (Å²) >= 11 is 5.81. The number of alkyl halides is 3. The van der Waals surface area contributed by atoms with E-state index in [2.05, 4.69) is 11.3 Å². The molecular formula is C20H13ClF3NO7. The lowest BCUT2D eigenvalue weighted by Crippen LogP contribution is -2.21. The van der Waals surface area contributed by atoms with Crippen LogP contribution in [0.3, 0.4) is 0 Å². The van der Waals surface area contributed by atoms with Crippen LogP contribution in [0.25, 0.3) is 0 Å². The number of rotatable bonds is 9. The van der Waals surface area contributed by atoms with Gasteiger partial charge in [-0.3, -0.25) is 19.7 Å². The molecule has 0 radical (unpaired) electrons. The van der Waals surface area contributed by atoms with Crippen LogP contribution in [0.1, 0.15) is 22.3 Å². The fourth-order valence-corrected chi connectivity index (χ4v) is 2.60. The minimum Gasteiger partial charge on any atom is -0.456 e. The monoisotopic (exact) mass is 471 g/mol. The standard InChI is InChI=1S/C20H13ClF3NO7/c1-2-7-31-19(28)17(27)10-16(26)13-9-12(4-5-15(13)25(29)30)32-18-6-3-11(8-14(18)21)20(22,23)24/h2-6,8-9H,1,7,10H2. The maximum Gasteiger partial charge on any atom is 0.416 e. The molecule has 2 rings (SSSR count). The van der Waals surface area contributed by atoms with Gasteiger partial charge >= 0.3 is 12.1 Å². The van der Waals surface area contributed by atoms with E-state index in [9.17, 15) is 37.7 Å². The zero-order valence-corrected chi connectivity index (χ0v) is 16.7. The second kappa shape index (κ2) is 10.1. The van der Waals surface area contributed by atoms with Gasteiger partial charge in [-0.1, -0.05) is 24.3 Å². The van der Waals surface area contributed by atoms with Crippen molar-refractivity contribution < 1.29 is 42.0 Å². The van der Waals surface area contributed by atoms with Crippen molar-refractivity contribution in [3.8, 4) is 11.5 Å². The molecule has 0 fully saturated rings. The molecule has 0 aromatic heterocycles. The number of esters is 1. The molecule has 0 aliphatic heterocycles. The van der Waals surface area contributed by atoms with Gasteiger partial charge < -0.3 is 9.47 Å². The number of carbonyl (C=O) groups is 3. The average Bonchev–Trinajstić information content (AvgIpc) is 2.72. The van der Waals surface area contributed by atoms with Crippen LogP contribution >= 0.6 is 11.6 Å². The third-order valence-corrected chi connectivity index (χ3v) is 4.13. The first-order valence-electron chi connectivity index (χ1n) is 8.61. The summed E-state index contributed by atoms with van der Waals surface area (Å²) in [6.07, 6.45) is -4.44. The Morgan fingerprint density at radius 2 is 1.84 bits per heavy atom. The van der Waals surface area contributed by atoms with E-state index in [1.165, 1.54) is 6.08 Å². The first-order valence-corrected chi connectivity index (χ1v) is 8.99. The SMILES string of the molecule is C=CCOC(=O)C(=O)CC(=O)c1cc(Oc2ccc(C(F)(F)F)cc2Cl)ccc1[N+](=O)[O-]. The minimum absolute atomic E-state index is 0.178. The molecule has 0 aliphatic rings. The van der Waals surface area contributed by atoms with Crippen molar-refractivity contribution in [1.82, 2.24) is 0 Å². The third kappa shape index (κ3) is 6.14. The number of ketones is 2. The Morgan fingerprint density at radius 1 is 1.16 bits per heavy atom. The summed E-state index contributed by atoms with van der Waals surface area (Å²) in [6, 6.07) is 5.18. The van der Waals surface area contributed by atoms with Gasteiger partial charge in [0.15, 0.2) is 5.78 Å². The average molecular weight is 472 g/mol. The van der Waals surface area contributed by atoms with Gasteiger partial charge in [-0.2, -0.15) is 13.2 Å². The van der Waals surface area contributed by atoms with Crippen LogP contribution in [-0.4, -0.2) is 29.1 Å². The van der Waals surface area contributed by atoms with Crippen molar-refractivity contribution in [3.05, 3.63) is 75.3 Å². The predicted octanol–water partition coefficient (Wildman–Crippen LogP) is 4.93. The summed E-state index contributed by atoms with van der Waals surface area (Å²) < 4.78 is 48.1. The number of carbonyl (C=O) groups excluding carboxylic acids is 3. The number of halogens is 4. The highest BCUT2D eigenvalue weighted by molar-refractivity contribution is 6.38. The van der Waals surface area contributed by atoms with Gasteiger partial charge in [-0.25, -0.2) is 4.79 Å². The van der Waals surface area contributed by atoms with Gasteiger partial charge in [-0.05, 0) is 30.3 Å². The molecule has 8 nitrogen and oxygen atoms in total. The molecular weight excluding hydrogens is 459 g/mol. The van der Waals surface area contributed by atoms with Crippen LogP contribution in [0.5, 0.6) is 11.5 Å². The molecule has 0 spiro atoms. The largest absolute Gasteiger partial charge is 0.456 e. The van der Waals surface area contributed by atoms with Gasteiger partial charge in [0, 0.05) is 6.07 Å². The fraction of sp³-hybridized carbons (Fsp3) is 0.150. The summed E-state index contributed by atoms with van der Waals surface area (Å²) in [5, 5.41) is 10.8. The van der Waals surface area contributed by atoms with Gasteiger partial charge in [0.2, 0.25) is 5.78 Å². The molecule has 0 unspecified atom stereocenters. The van der Waals surface area contributed by atoms with E-state index in [0.717, 1.165) is 24.3 Å². The number of nitro groups is 1. The van der Waals surface area contributed by atoms with Crippen LogP contribution in [0.15, 0.2) is 49.1 Å². The van der Waals surface area contributed by atoms with Crippen LogP contribution < -0.4 is 4.74 Å². The maximum atomic E-state index is 12.8. The molecule has 0 bridgehead atoms. The molecule has 0 amide bonds. The molecule has 2 aromatic rings. The van der Waals surface area contributed by atoms with E-state index >= 15 is 0 Å². The van der Waals surface area contributed by atoms with Crippen molar-refractivity contribution >= 4 is 34.8 Å². The summed E-state index contributed by atoms with van der Waals surface area (Å²) in [5.74, 6) is -4.01. The summed E-state index contributed by atoms with van der Waals surface area (Å²) in [5.41, 5.74) is -2.25. The highest BCUT2D eigenvalue weighted by Crippen LogP contribution is 2.37. The van der Waals surface area contributed by atoms with Crippen molar-refractivity contribution in [2.75, 3.05) is 6.61 Å². The Bertz CT molecular complexity index is 1100. The Hall–Kier alpha value is -3.73. The zero-order valence-electron chi connectivity index (χ0n) is 16.0. The molecule has 168 valence electrons. The summed E-state index contributed by atoms with van der Waals surface area (Å²) in [4.78, 5) is 46.1. The first-order chi connectivity index (χ1) is 14.9. The van der Waals surface area contributed by atoms with Crippen LogP contribution in [-0.2, 0) is 20.5 Å². The minimum atomic E-state index is -4.63. The molecule has 0 N–H and O–H groups in total. The van der Waals surface area contributed by atoms with E-state index < -0.39 is 56.9 Å². The van der Waals surface area contributed by atoms with E-state index in [-0.39, 0.29) is 18.1 Å². The molecule has 0 saturated heterocycles. The number of hydrogen-bond acceptors (Lipinski definition) is 7.